The molecule has 4 rings (SSSR count). The van der Waals surface area contributed by atoms with Crippen LogP contribution in [0.15, 0.2) is 36.5 Å². The number of amides is 1. The van der Waals surface area contributed by atoms with Crippen LogP contribution in [-0.2, 0) is 28.8 Å². The molecule has 2 aliphatic rings. The summed E-state index contributed by atoms with van der Waals surface area (Å²) >= 11 is 0. The fourth-order valence-corrected chi connectivity index (χ4v) is 3.87. The molecule has 1 fully saturated rings. The summed E-state index contributed by atoms with van der Waals surface area (Å²) in [4.78, 5) is 18.9. The Kier molecular flexibility index (Phi) is 4.53. The minimum atomic E-state index is -0.0561. The van der Waals surface area contributed by atoms with Gasteiger partial charge in [0, 0.05) is 18.4 Å². The summed E-state index contributed by atoms with van der Waals surface area (Å²) in [5, 5.41) is 0. The molecular weight excluding hydrogens is 312 g/mol. The summed E-state index contributed by atoms with van der Waals surface area (Å²) in [5.74, 6) is 0.192. The number of morpholine rings is 1. The lowest BCUT2D eigenvalue weighted by molar-refractivity contribution is -0.138. The smallest absolute Gasteiger partial charge is 0.227 e. The number of fused-ring (bicyclic) bond motifs is 1. The SMILES string of the molecule is Cc1cc([C@@H]2CN(C(=O)Cc3ccc4c(c3)CCC4)CCO2)ccn1. The summed E-state index contributed by atoms with van der Waals surface area (Å²) in [6.07, 6.45) is 5.80. The molecule has 25 heavy (non-hydrogen) atoms. The highest BCUT2D eigenvalue weighted by Gasteiger charge is 2.25. The maximum atomic E-state index is 12.8. The molecule has 1 aliphatic heterocycles. The highest BCUT2D eigenvalue weighted by molar-refractivity contribution is 5.79. The normalized spacial score (nSPS) is 19.7. The molecule has 2 aromatic rings. The van der Waals surface area contributed by atoms with Crippen molar-refractivity contribution < 1.29 is 9.53 Å². The Morgan fingerprint density at radius 1 is 1.24 bits per heavy atom. The summed E-state index contributed by atoms with van der Waals surface area (Å²) in [6, 6.07) is 10.6. The van der Waals surface area contributed by atoms with Crippen molar-refractivity contribution in [1.29, 1.82) is 0 Å². The molecule has 0 spiro atoms. The Hall–Kier alpha value is -2.20. The maximum Gasteiger partial charge on any atom is 0.227 e. The number of pyridine rings is 1. The van der Waals surface area contributed by atoms with E-state index in [0.717, 1.165) is 23.2 Å². The first-order valence-corrected chi connectivity index (χ1v) is 9.11. The molecule has 2 heterocycles. The van der Waals surface area contributed by atoms with Crippen molar-refractivity contribution in [3.8, 4) is 0 Å². The number of nitrogens with zero attached hydrogens (tertiary/aromatic N) is 2. The largest absolute Gasteiger partial charge is 0.370 e. The number of benzene rings is 1. The van der Waals surface area contributed by atoms with E-state index in [-0.39, 0.29) is 12.0 Å². The second-order valence-electron chi connectivity index (χ2n) is 7.06. The van der Waals surface area contributed by atoms with Gasteiger partial charge in [-0.15, -0.1) is 0 Å². The zero-order valence-electron chi connectivity index (χ0n) is 14.7. The van der Waals surface area contributed by atoms with Crippen LogP contribution < -0.4 is 0 Å². The van der Waals surface area contributed by atoms with Crippen LogP contribution in [0.3, 0.4) is 0 Å². The van der Waals surface area contributed by atoms with E-state index in [1.165, 1.54) is 24.0 Å². The lowest BCUT2D eigenvalue weighted by Crippen LogP contribution is -2.43. The first-order valence-electron chi connectivity index (χ1n) is 9.11. The first-order chi connectivity index (χ1) is 12.2. The number of aromatic nitrogens is 1. The van der Waals surface area contributed by atoms with Crippen molar-refractivity contribution in [2.75, 3.05) is 19.7 Å². The number of carbonyl (C=O) groups is 1. The molecule has 1 amide bonds. The molecule has 1 aliphatic carbocycles. The van der Waals surface area contributed by atoms with Gasteiger partial charge in [0.05, 0.1) is 19.6 Å². The van der Waals surface area contributed by atoms with Gasteiger partial charge in [0.25, 0.3) is 0 Å². The predicted octanol–water partition coefficient (Wildman–Crippen LogP) is 3.02. The molecule has 4 nitrogen and oxygen atoms in total. The Morgan fingerprint density at radius 2 is 2.12 bits per heavy atom. The van der Waals surface area contributed by atoms with E-state index in [1.807, 2.05) is 24.0 Å². The molecule has 0 radical (unpaired) electrons. The third-order valence-corrected chi connectivity index (χ3v) is 5.23. The molecule has 1 atom stereocenters. The molecule has 1 aromatic carbocycles. The monoisotopic (exact) mass is 336 g/mol. The van der Waals surface area contributed by atoms with Gasteiger partial charge in [-0.3, -0.25) is 9.78 Å². The van der Waals surface area contributed by atoms with Gasteiger partial charge in [-0.2, -0.15) is 0 Å². The van der Waals surface area contributed by atoms with E-state index in [4.69, 9.17) is 4.74 Å². The van der Waals surface area contributed by atoms with Gasteiger partial charge in [0.2, 0.25) is 5.91 Å². The van der Waals surface area contributed by atoms with Gasteiger partial charge in [-0.1, -0.05) is 18.2 Å². The second kappa shape index (κ2) is 6.96. The van der Waals surface area contributed by atoms with Crippen molar-refractivity contribution in [3.63, 3.8) is 0 Å². The first kappa shape index (κ1) is 16.3. The van der Waals surface area contributed by atoms with Crippen LogP contribution in [0.25, 0.3) is 0 Å². The highest BCUT2D eigenvalue weighted by atomic mass is 16.5. The van der Waals surface area contributed by atoms with Crippen molar-refractivity contribution in [3.05, 3.63) is 64.5 Å². The summed E-state index contributed by atoms with van der Waals surface area (Å²) in [7, 11) is 0. The van der Waals surface area contributed by atoms with Crippen LogP contribution in [0, 0.1) is 6.92 Å². The third kappa shape index (κ3) is 3.59. The van der Waals surface area contributed by atoms with Gasteiger partial charge >= 0.3 is 0 Å². The standard InChI is InChI=1S/C21H24N2O2/c1-15-11-19(7-8-22-15)20-14-23(9-10-25-20)21(24)13-16-5-6-17-3-2-4-18(17)12-16/h5-8,11-12,20H,2-4,9-10,13-14H2,1H3/t20-/m0/s1. The Balaban J connectivity index is 1.43. The van der Waals surface area contributed by atoms with Crippen molar-refractivity contribution in [2.45, 2.75) is 38.7 Å². The van der Waals surface area contributed by atoms with Crippen LogP contribution in [0.5, 0.6) is 0 Å². The Labute approximate surface area is 148 Å². The van der Waals surface area contributed by atoms with Crippen LogP contribution in [0.2, 0.25) is 0 Å². The molecular formula is C21H24N2O2. The molecule has 130 valence electrons. The minimum Gasteiger partial charge on any atom is -0.370 e. The fourth-order valence-electron chi connectivity index (χ4n) is 3.87. The lowest BCUT2D eigenvalue weighted by Gasteiger charge is -2.33. The molecule has 0 bridgehead atoms. The fraction of sp³-hybridized carbons (Fsp3) is 0.429. The van der Waals surface area contributed by atoms with Crippen molar-refractivity contribution in [1.82, 2.24) is 9.88 Å². The Bertz CT molecular complexity index is 787. The summed E-state index contributed by atoms with van der Waals surface area (Å²) < 4.78 is 5.89. The van der Waals surface area contributed by atoms with Gasteiger partial charge < -0.3 is 9.64 Å². The van der Waals surface area contributed by atoms with Crippen molar-refractivity contribution in [2.24, 2.45) is 0 Å². The summed E-state index contributed by atoms with van der Waals surface area (Å²) in [5.41, 5.74) is 6.09. The number of aryl methyl sites for hydroxylation is 3. The molecule has 1 aromatic heterocycles. The zero-order valence-corrected chi connectivity index (χ0v) is 14.7. The highest BCUT2D eigenvalue weighted by Crippen LogP contribution is 2.25. The van der Waals surface area contributed by atoms with Crippen molar-refractivity contribution >= 4 is 5.91 Å². The van der Waals surface area contributed by atoms with E-state index in [1.54, 1.807) is 6.20 Å². The van der Waals surface area contributed by atoms with Gasteiger partial charge in [-0.25, -0.2) is 0 Å². The van der Waals surface area contributed by atoms with E-state index in [9.17, 15) is 4.79 Å². The molecule has 0 saturated carbocycles. The minimum absolute atomic E-state index is 0.0561. The van der Waals surface area contributed by atoms with Gasteiger partial charge in [0.1, 0.15) is 6.10 Å². The van der Waals surface area contributed by atoms with Crippen LogP contribution in [-0.4, -0.2) is 35.5 Å². The number of hydrogen-bond acceptors (Lipinski definition) is 3. The predicted molar refractivity (Wildman–Crippen MR) is 96.4 cm³/mol. The van der Waals surface area contributed by atoms with Crippen LogP contribution in [0.4, 0.5) is 0 Å². The second-order valence-corrected chi connectivity index (χ2v) is 7.06. The van der Waals surface area contributed by atoms with Gasteiger partial charge in [-0.05, 0) is 60.6 Å². The van der Waals surface area contributed by atoms with E-state index >= 15 is 0 Å². The lowest BCUT2D eigenvalue weighted by atomic mass is 10.0. The number of rotatable bonds is 3. The average Bonchev–Trinajstić information content (AvgIpc) is 3.09. The van der Waals surface area contributed by atoms with E-state index in [2.05, 4.69) is 23.2 Å². The van der Waals surface area contributed by atoms with E-state index < -0.39 is 0 Å². The van der Waals surface area contributed by atoms with Gasteiger partial charge in [0.15, 0.2) is 0 Å². The van der Waals surface area contributed by atoms with Crippen LogP contribution >= 0.6 is 0 Å². The molecule has 0 N–H and O–H groups in total. The number of carbonyl (C=O) groups excluding carboxylic acids is 1. The number of ether oxygens (including phenoxy) is 1. The Morgan fingerprint density at radius 3 is 3.00 bits per heavy atom. The molecule has 4 heteroatoms. The maximum absolute atomic E-state index is 12.8. The molecule has 0 unspecified atom stereocenters. The molecule has 1 saturated heterocycles. The average molecular weight is 336 g/mol. The topological polar surface area (TPSA) is 42.4 Å². The number of hydrogen-bond donors (Lipinski definition) is 0. The zero-order chi connectivity index (χ0) is 17.2. The van der Waals surface area contributed by atoms with Crippen LogP contribution in [0.1, 0.15) is 40.5 Å². The summed E-state index contributed by atoms with van der Waals surface area (Å²) in [6.45, 7) is 3.85. The quantitative estimate of drug-likeness (QED) is 0.865. The van der Waals surface area contributed by atoms with E-state index in [0.29, 0.717) is 26.1 Å². The third-order valence-electron chi connectivity index (χ3n) is 5.23.